The summed E-state index contributed by atoms with van der Waals surface area (Å²) in [5.41, 5.74) is 11.1. The first-order valence-electron chi connectivity index (χ1n) is 4.12. The van der Waals surface area contributed by atoms with Crippen molar-refractivity contribution >= 4 is 33.3 Å². The molecular weight excluding hydrogens is 254 g/mol. The van der Waals surface area contributed by atoms with Gasteiger partial charge in [-0.3, -0.25) is 0 Å². The van der Waals surface area contributed by atoms with Gasteiger partial charge in [0.15, 0.2) is 0 Å². The van der Waals surface area contributed by atoms with Crippen LogP contribution in [0.4, 0.5) is 10.5 Å². The van der Waals surface area contributed by atoms with E-state index in [2.05, 4.69) is 0 Å². The van der Waals surface area contributed by atoms with Gasteiger partial charge in [0.25, 0.3) is 10.0 Å². The normalized spacial score (nSPS) is 11.1. The molecule has 1 rings (SSSR count). The van der Waals surface area contributed by atoms with Crippen molar-refractivity contribution in [3.8, 4) is 0 Å². The zero-order chi connectivity index (χ0) is 12.5. The molecule has 0 unspecified atom stereocenters. The van der Waals surface area contributed by atoms with Gasteiger partial charge in [0, 0.05) is 10.7 Å². The summed E-state index contributed by atoms with van der Waals surface area (Å²) in [5, 5.41) is 0.199. The Balaban J connectivity index is 3.30. The van der Waals surface area contributed by atoms with E-state index < -0.39 is 16.1 Å². The van der Waals surface area contributed by atoms with Crippen molar-refractivity contribution in [1.29, 1.82) is 0 Å². The Morgan fingerprint density at radius 3 is 2.44 bits per heavy atom. The molecular formula is C8H10ClN3O3S. The Morgan fingerprint density at radius 1 is 1.44 bits per heavy atom. The Morgan fingerprint density at radius 2 is 2.00 bits per heavy atom. The molecule has 16 heavy (non-hydrogen) atoms. The number of nitrogens with two attached hydrogens (primary N) is 2. The maximum absolute atomic E-state index is 11.5. The predicted octanol–water partition coefficient (Wildman–Crippen LogP) is 0.588. The number of nitrogens with one attached hydrogen (secondary N) is 1. The van der Waals surface area contributed by atoms with Crippen LogP contribution in [0.5, 0.6) is 0 Å². The third kappa shape index (κ3) is 2.56. The second-order valence-electron chi connectivity index (χ2n) is 3.09. The smallest absolute Gasteiger partial charge is 0.326 e. The van der Waals surface area contributed by atoms with E-state index >= 15 is 0 Å². The first-order chi connectivity index (χ1) is 7.24. The van der Waals surface area contributed by atoms with Gasteiger partial charge in [-0.25, -0.2) is 17.9 Å². The van der Waals surface area contributed by atoms with E-state index in [1.165, 1.54) is 12.1 Å². The monoisotopic (exact) mass is 263 g/mol. The summed E-state index contributed by atoms with van der Waals surface area (Å²) < 4.78 is 24.7. The lowest BCUT2D eigenvalue weighted by molar-refractivity contribution is 0.253. The maximum atomic E-state index is 11.5. The van der Waals surface area contributed by atoms with E-state index in [0.29, 0.717) is 5.56 Å². The second-order valence-corrected chi connectivity index (χ2v) is 5.18. The van der Waals surface area contributed by atoms with Crippen LogP contribution < -0.4 is 16.2 Å². The van der Waals surface area contributed by atoms with Crippen LogP contribution in [-0.4, -0.2) is 14.4 Å². The molecule has 0 aromatic heterocycles. The minimum atomic E-state index is -4.01. The number of halogens is 1. The average molecular weight is 264 g/mol. The van der Waals surface area contributed by atoms with E-state index in [1.54, 1.807) is 11.6 Å². The number of urea groups is 1. The van der Waals surface area contributed by atoms with Crippen LogP contribution in [0.3, 0.4) is 0 Å². The van der Waals surface area contributed by atoms with Gasteiger partial charge in [0.1, 0.15) is 0 Å². The molecule has 0 spiro atoms. The molecule has 88 valence electrons. The number of hydrogen-bond acceptors (Lipinski definition) is 4. The van der Waals surface area contributed by atoms with Crippen LogP contribution in [0.25, 0.3) is 0 Å². The number of hydrogen-bond donors (Lipinski definition) is 3. The molecule has 0 aliphatic carbocycles. The summed E-state index contributed by atoms with van der Waals surface area (Å²) in [4.78, 5) is 10.3. The lowest BCUT2D eigenvalue weighted by Gasteiger charge is -2.08. The van der Waals surface area contributed by atoms with Crippen molar-refractivity contribution < 1.29 is 13.2 Å². The third-order valence-corrected chi connectivity index (χ3v) is 3.62. The lowest BCUT2D eigenvalue weighted by atomic mass is 10.2. The van der Waals surface area contributed by atoms with Crippen molar-refractivity contribution in [2.45, 2.75) is 11.8 Å². The van der Waals surface area contributed by atoms with E-state index in [4.69, 9.17) is 23.1 Å². The number of nitrogen functional groups attached to an aromatic ring is 1. The fourth-order valence-corrected chi connectivity index (χ4v) is 2.25. The topological polar surface area (TPSA) is 115 Å². The zero-order valence-electron chi connectivity index (χ0n) is 8.32. The average Bonchev–Trinajstić information content (AvgIpc) is 2.11. The largest absolute Gasteiger partial charge is 0.398 e. The van der Waals surface area contributed by atoms with Gasteiger partial charge in [0.2, 0.25) is 0 Å². The molecule has 0 radical (unpaired) electrons. The minimum absolute atomic E-state index is 0.199. The van der Waals surface area contributed by atoms with Gasteiger partial charge in [0.05, 0.1) is 4.90 Å². The molecule has 1 aromatic carbocycles. The lowest BCUT2D eigenvalue weighted by Crippen LogP contribution is -2.35. The molecule has 0 fully saturated rings. The number of benzene rings is 1. The molecule has 0 atom stereocenters. The van der Waals surface area contributed by atoms with Gasteiger partial charge in [-0.05, 0) is 24.6 Å². The van der Waals surface area contributed by atoms with E-state index in [-0.39, 0.29) is 15.6 Å². The van der Waals surface area contributed by atoms with Gasteiger partial charge in [-0.2, -0.15) is 0 Å². The Hall–Kier alpha value is -1.47. The highest BCUT2D eigenvalue weighted by molar-refractivity contribution is 7.90. The number of primary amides is 1. The fourth-order valence-electron chi connectivity index (χ4n) is 1.02. The summed E-state index contributed by atoms with van der Waals surface area (Å²) in [6.07, 6.45) is 0. The van der Waals surface area contributed by atoms with Crippen LogP contribution in [0, 0.1) is 6.92 Å². The molecule has 5 N–H and O–H groups in total. The number of sulfonamides is 1. The van der Waals surface area contributed by atoms with Crippen molar-refractivity contribution in [3.05, 3.63) is 22.7 Å². The van der Waals surface area contributed by atoms with E-state index in [0.717, 1.165) is 0 Å². The highest BCUT2D eigenvalue weighted by atomic mass is 35.5. The Bertz CT molecular complexity index is 518. The molecule has 0 bridgehead atoms. The molecule has 2 amide bonds. The Labute approximate surface area is 97.6 Å². The summed E-state index contributed by atoms with van der Waals surface area (Å²) in [7, 11) is -4.01. The van der Waals surface area contributed by atoms with E-state index in [1.807, 2.05) is 0 Å². The van der Waals surface area contributed by atoms with Crippen molar-refractivity contribution in [1.82, 2.24) is 4.72 Å². The second kappa shape index (κ2) is 4.18. The molecule has 8 heteroatoms. The van der Waals surface area contributed by atoms with Crippen molar-refractivity contribution in [2.24, 2.45) is 5.73 Å². The van der Waals surface area contributed by atoms with Gasteiger partial charge in [-0.15, -0.1) is 0 Å². The highest BCUT2D eigenvalue weighted by Crippen LogP contribution is 2.25. The molecule has 0 aliphatic rings. The number of rotatable bonds is 2. The molecule has 0 heterocycles. The summed E-state index contributed by atoms with van der Waals surface area (Å²) in [6, 6.07) is 1.22. The summed E-state index contributed by atoms with van der Waals surface area (Å²) in [6.45, 7) is 1.65. The molecule has 0 saturated carbocycles. The van der Waals surface area contributed by atoms with E-state index in [9.17, 15) is 13.2 Å². The van der Waals surface area contributed by atoms with Crippen LogP contribution in [-0.2, 0) is 10.0 Å². The van der Waals surface area contributed by atoms with Gasteiger partial charge < -0.3 is 11.5 Å². The molecule has 0 saturated heterocycles. The number of amides is 2. The van der Waals surface area contributed by atoms with Crippen LogP contribution >= 0.6 is 11.6 Å². The van der Waals surface area contributed by atoms with Gasteiger partial charge in [-0.1, -0.05) is 11.6 Å². The fraction of sp³-hybridized carbons (Fsp3) is 0.125. The maximum Gasteiger partial charge on any atom is 0.326 e. The standard InChI is InChI=1S/C8H10ClN3O3S/c1-4-6(9)2-5(3-7(4)10)16(14,15)12-8(11)13/h2-3H,10H2,1H3,(H3,11,12,13). The number of carbonyl (C=O) groups excluding carboxylic acids is 1. The van der Waals surface area contributed by atoms with Crippen LogP contribution in [0.15, 0.2) is 17.0 Å². The summed E-state index contributed by atoms with van der Waals surface area (Å²) >= 11 is 5.77. The van der Waals surface area contributed by atoms with Crippen LogP contribution in [0.1, 0.15) is 5.56 Å². The molecule has 1 aromatic rings. The predicted molar refractivity (Wildman–Crippen MR) is 60.5 cm³/mol. The zero-order valence-corrected chi connectivity index (χ0v) is 9.89. The van der Waals surface area contributed by atoms with Crippen molar-refractivity contribution in [3.63, 3.8) is 0 Å². The third-order valence-electron chi connectivity index (χ3n) is 1.90. The van der Waals surface area contributed by atoms with Crippen LogP contribution in [0.2, 0.25) is 5.02 Å². The SMILES string of the molecule is Cc1c(N)cc(S(=O)(=O)NC(N)=O)cc1Cl. The number of carbonyl (C=O) groups is 1. The molecule has 6 nitrogen and oxygen atoms in total. The minimum Gasteiger partial charge on any atom is -0.398 e. The summed E-state index contributed by atoms with van der Waals surface area (Å²) in [5.74, 6) is 0. The van der Waals surface area contributed by atoms with Crippen molar-refractivity contribution in [2.75, 3.05) is 5.73 Å². The first kappa shape index (κ1) is 12.6. The number of anilines is 1. The molecule has 0 aliphatic heterocycles. The highest BCUT2D eigenvalue weighted by Gasteiger charge is 2.18. The Kier molecular flexibility index (Phi) is 3.30. The van der Waals surface area contributed by atoms with Gasteiger partial charge >= 0.3 is 6.03 Å². The first-order valence-corrected chi connectivity index (χ1v) is 5.98. The quantitative estimate of drug-likeness (QED) is 0.677.